The number of nitrogens with one attached hydrogen (secondary N) is 1. The molecule has 1 fully saturated rings. The summed E-state index contributed by atoms with van der Waals surface area (Å²) in [6.45, 7) is 2.89. The fraction of sp³-hybridized carbons (Fsp3) is 0.556. The Labute approximate surface area is 163 Å². The van der Waals surface area contributed by atoms with Gasteiger partial charge < -0.3 is 19.8 Å². The van der Waals surface area contributed by atoms with Crippen LogP contribution in [0.5, 0.6) is 0 Å². The molecule has 0 unspecified atom stereocenters. The second-order valence-corrected chi connectivity index (χ2v) is 7.27. The van der Waals surface area contributed by atoms with Gasteiger partial charge in [-0.25, -0.2) is 0 Å². The van der Waals surface area contributed by atoms with Crippen LogP contribution in [0.25, 0.3) is 0 Å². The van der Waals surface area contributed by atoms with Crippen molar-refractivity contribution in [2.45, 2.75) is 39.0 Å². The zero-order valence-corrected chi connectivity index (χ0v) is 16.4. The molecule has 3 rings (SSSR count). The third-order valence-corrected chi connectivity index (χ3v) is 5.23. The predicted octanol–water partition coefficient (Wildman–Crippen LogP) is 1.49. The van der Waals surface area contributed by atoms with Crippen LogP contribution in [0, 0.1) is 12.8 Å². The fourth-order valence-corrected chi connectivity index (χ4v) is 3.78. The molecule has 146 valence electrons. The number of aryl methyl sites for hydroxylation is 1. The lowest BCUT2D eigenvalue weighted by Gasteiger charge is -2.30. The number of fused-ring (bicyclic) bond motifs is 1. The third-order valence-electron chi connectivity index (χ3n) is 5.14. The lowest BCUT2D eigenvalue weighted by atomic mass is 9.93. The van der Waals surface area contributed by atoms with Crippen molar-refractivity contribution < 1.29 is 18.7 Å². The quantitative estimate of drug-likeness (QED) is 0.455. The van der Waals surface area contributed by atoms with Crippen molar-refractivity contribution in [3.8, 4) is 0 Å². The molecule has 9 heteroatoms. The number of hydrogen-bond donors (Lipinski definition) is 2. The SMILES string of the molecule is COC(=O)C1CCN(C(=O)c2oc3c(c2C)/C(=N/NC(N)=S)CCC3)CC1. The molecule has 0 bridgehead atoms. The summed E-state index contributed by atoms with van der Waals surface area (Å²) in [6.07, 6.45) is 3.61. The molecule has 2 aliphatic rings. The number of nitrogens with zero attached hydrogens (tertiary/aromatic N) is 2. The van der Waals surface area contributed by atoms with Crippen molar-refractivity contribution in [2.24, 2.45) is 16.8 Å². The highest BCUT2D eigenvalue weighted by molar-refractivity contribution is 7.80. The third kappa shape index (κ3) is 3.97. The van der Waals surface area contributed by atoms with E-state index in [2.05, 4.69) is 10.5 Å². The van der Waals surface area contributed by atoms with Gasteiger partial charge in [0.1, 0.15) is 5.76 Å². The Hall–Kier alpha value is -2.42. The van der Waals surface area contributed by atoms with E-state index in [4.69, 9.17) is 27.1 Å². The number of likely N-dealkylation sites (tertiary alicyclic amines) is 1. The monoisotopic (exact) mass is 392 g/mol. The van der Waals surface area contributed by atoms with Crippen LogP contribution in [-0.2, 0) is 16.0 Å². The Morgan fingerprint density at radius 3 is 2.67 bits per heavy atom. The van der Waals surface area contributed by atoms with Crippen molar-refractivity contribution in [2.75, 3.05) is 20.2 Å². The van der Waals surface area contributed by atoms with Gasteiger partial charge >= 0.3 is 5.97 Å². The number of carbonyl (C=O) groups excluding carboxylic acids is 2. The summed E-state index contributed by atoms with van der Waals surface area (Å²) >= 11 is 4.81. The van der Waals surface area contributed by atoms with Crippen molar-refractivity contribution in [1.82, 2.24) is 10.3 Å². The minimum Gasteiger partial charge on any atom is -0.469 e. The number of hydrazone groups is 1. The van der Waals surface area contributed by atoms with Crippen LogP contribution in [0.3, 0.4) is 0 Å². The van der Waals surface area contributed by atoms with Crippen LogP contribution >= 0.6 is 12.2 Å². The highest BCUT2D eigenvalue weighted by Gasteiger charge is 2.33. The molecule has 3 N–H and O–H groups in total. The van der Waals surface area contributed by atoms with E-state index in [1.54, 1.807) is 4.90 Å². The first-order valence-electron chi connectivity index (χ1n) is 9.04. The van der Waals surface area contributed by atoms with Crippen LogP contribution in [0.2, 0.25) is 0 Å². The number of furan rings is 1. The molecule has 0 radical (unpaired) electrons. The van der Waals surface area contributed by atoms with E-state index >= 15 is 0 Å². The zero-order chi connectivity index (χ0) is 19.6. The van der Waals surface area contributed by atoms with Gasteiger partial charge in [-0.15, -0.1) is 0 Å². The van der Waals surface area contributed by atoms with Crippen LogP contribution in [0.1, 0.15) is 53.1 Å². The van der Waals surface area contributed by atoms with E-state index in [9.17, 15) is 9.59 Å². The number of hydrogen-bond acceptors (Lipinski definition) is 6. The molecule has 0 aromatic carbocycles. The van der Waals surface area contributed by atoms with E-state index < -0.39 is 0 Å². The maximum Gasteiger partial charge on any atom is 0.308 e. The Morgan fingerprint density at radius 2 is 2.04 bits per heavy atom. The van der Waals surface area contributed by atoms with E-state index in [-0.39, 0.29) is 22.9 Å². The number of carbonyl (C=O) groups is 2. The van der Waals surface area contributed by atoms with E-state index in [1.165, 1.54) is 7.11 Å². The molecular formula is C18H24N4O4S. The molecule has 2 heterocycles. The van der Waals surface area contributed by atoms with Gasteiger partial charge in [0.05, 0.1) is 18.7 Å². The molecule has 1 amide bonds. The number of rotatable bonds is 3. The molecule has 0 spiro atoms. The molecule has 0 atom stereocenters. The molecule has 1 aromatic heterocycles. The van der Waals surface area contributed by atoms with Crippen LogP contribution in [0.15, 0.2) is 9.52 Å². The smallest absolute Gasteiger partial charge is 0.308 e. The maximum absolute atomic E-state index is 13.0. The summed E-state index contributed by atoms with van der Waals surface area (Å²) in [5, 5.41) is 4.37. The first-order chi connectivity index (χ1) is 12.9. The second-order valence-electron chi connectivity index (χ2n) is 6.83. The average molecular weight is 392 g/mol. The van der Waals surface area contributed by atoms with Crippen LogP contribution in [-0.4, -0.2) is 47.8 Å². The summed E-state index contributed by atoms with van der Waals surface area (Å²) < 4.78 is 10.7. The zero-order valence-electron chi connectivity index (χ0n) is 15.5. The van der Waals surface area contributed by atoms with Gasteiger partial charge in [0.25, 0.3) is 5.91 Å². The molecule has 27 heavy (non-hydrogen) atoms. The van der Waals surface area contributed by atoms with Gasteiger partial charge in [-0.05, 0) is 44.8 Å². The van der Waals surface area contributed by atoms with Gasteiger partial charge in [-0.1, -0.05) is 0 Å². The molecule has 8 nitrogen and oxygen atoms in total. The summed E-state index contributed by atoms with van der Waals surface area (Å²) in [5.41, 5.74) is 10.5. The van der Waals surface area contributed by atoms with Crippen molar-refractivity contribution in [3.63, 3.8) is 0 Å². The number of thiocarbonyl (C=S) groups is 1. The minimum atomic E-state index is -0.210. The Morgan fingerprint density at radius 1 is 1.33 bits per heavy atom. The lowest BCUT2D eigenvalue weighted by Crippen LogP contribution is -2.40. The van der Waals surface area contributed by atoms with E-state index in [0.717, 1.165) is 41.9 Å². The molecule has 1 aliphatic heterocycles. The number of amides is 1. The van der Waals surface area contributed by atoms with Crippen LogP contribution < -0.4 is 11.2 Å². The normalized spacial score (nSPS) is 18.9. The predicted molar refractivity (Wildman–Crippen MR) is 103 cm³/mol. The number of ether oxygens (including phenoxy) is 1. The Bertz CT molecular complexity index is 794. The van der Waals surface area contributed by atoms with E-state index in [0.29, 0.717) is 31.7 Å². The molecule has 1 saturated heterocycles. The average Bonchev–Trinajstić information content (AvgIpc) is 3.02. The Kier molecular flexibility index (Phi) is 5.79. The number of piperidine rings is 1. The Balaban J connectivity index is 1.78. The topological polar surface area (TPSA) is 110 Å². The highest BCUT2D eigenvalue weighted by atomic mass is 32.1. The van der Waals surface area contributed by atoms with Crippen molar-refractivity contribution in [3.05, 3.63) is 22.6 Å². The van der Waals surface area contributed by atoms with Gasteiger partial charge in [-0.3, -0.25) is 15.0 Å². The fourth-order valence-electron chi connectivity index (χ4n) is 3.74. The molecule has 0 saturated carbocycles. The largest absolute Gasteiger partial charge is 0.469 e. The molecule has 1 aliphatic carbocycles. The van der Waals surface area contributed by atoms with Crippen molar-refractivity contribution >= 4 is 34.9 Å². The molecule has 1 aromatic rings. The minimum absolute atomic E-state index is 0.0977. The first-order valence-corrected chi connectivity index (χ1v) is 9.45. The number of esters is 1. The summed E-state index contributed by atoms with van der Waals surface area (Å²) in [7, 11) is 1.39. The lowest BCUT2D eigenvalue weighted by molar-refractivity contribution is -0.146. The highest BCUT2D eigenvalue weighted by Crippen LogP contribution is 2.31. The number of methoxy groups -OCH3 is 1. The molecular weight excluding hydrogens is 368 g/mol. The van der Waals surface area contributed by atoms with Gasteiger partial charge in [0, 0.05) is 30.6 Å². The van der Waals surface area contributed by atoms with E-state index in [1.807, 2.05) is 6.92 Å². The summed E-state index contributed by atoms with van der Waals surface area (Å²) in [5.74, 6) is 0.621. The summed E-state index contributed by atoms with van der Waals surface area (Å²) in [6, 6.07) is 0. The standard InChI is InChI=1S/C18H24N4O4S/c1-10-14-12(20-21-18(19)27)4-3-5-13(14)26-15(10)16(23)22-8-6-11(7-9-22)17(24)25-2/h11H,3-9H2,1-2H3,(H3,19,21,27)/b20-12+. The van der Waals surface area contributed by atoms with Gasteiger partial charge in [-0.2, -0.15) is 5.10 Å². The second kappa shape index (κ2) is 8.08. The van der Waals surface area contributed by atoms with Gasteiger partial charge in [0.2, 0.25) is 0 Å². The van der Waals surface area contributed by atoms with Crippen molar-refractivity contribution in [1.29, 1.82) is 0 Å². The summed E-state index contributed by atoms with van der Waals surface area (Å²) in [4.78, 5) is 26.4. The maximum atomic E-state index is 13.0. The number of nitrogens with two attached hydrogens (primary N) is 1. The van der Waals surface area contributed by atoms with Gasteiger partial charge in [0.15, 0.2) is 10.9 Å². The first kappa shape index (κ1) is 19.3. The van der Waals surface area contributed by atoms with Crippen LogP contribution in [0.4, 0.5) is 0 Å².